The van der Waals surface area contributed by atoms with E-state index < -0.39 is 0 Å². The lowest BCUT2D eigenvalue weighted by Crippen LogP contribution is -1.94. The second kappa shape index (κ2) is 3.19. The number of phenolic OH excluding ortho intramolecular Hbond substituents is 1. The van der Waals surface area contributed by atoms with Crippen LogP contribution in [-0.4, -0.2) is 10.8 Å². The van der Waals surface area contributed by atoms with Gasteiger partial charge in [0.2, 0.25) is 0 Å². The summed E-state index contributed by atoms with van der Waals surface area (Å²) in [4.78, 5) is 0. The molecule has 1 rings (SSSR count). The third-order valence-corrected chi connectivity index (χ3v) is 1.57. The number of aromatic hydroxyl groups is 1. The molecular weight excluding hydrogens is 138 g/mol. The minimum atomic E-state index is 0.248. The van der Waals surface area contributed by atoms with E-state index in [9.17, 15) is 0 Å². The lowest BCUT2D eigenvalue weighted by atomic mass is 10.1. The van der Waals surface area contributed by atoms with Crippen LogP contribution < -0.4 is 0 Å². The van der Waals surface area contributed by atoms with Crippen molar-refractivity contribution in [1.82, 2.24) is 0 Å². The molecule has 0 aliphatic carbocycles. The van der Waals surface area contributed by atoms with Crippen molar-refractivity contribution in [3.05, 3.63) is 29.8 Å². The lowest BCUT2D eigenvalue weighted by molar-refractivity contribution is 0.475. The minimum Gasteiger partial charge on any atom is -0.508 e. The molecule has 0 bridgehead atoms. The SMILES string of the molecule is CCC(=N)c1ccc(O)cc1. The Morgan fingerprint density at radius 2 is 1.91 bits per heavy atom. The molecule has 0 spiro atoms. The normalized spacial score (nSPS) is 9.55. The Kier molecular flexibility index (Phi) is 2.26. The molecule has 1 aromatic rings. The molecule has 0 unspecified atom stereocenters. The van der Waals surface area contributed by atoms with Gasteiger partial charge in [0.15, 0.2) is 0 Å². The van der Waals surface area contributed by atoms with Crippen molar-refractivity contribution < 1.29 is 5.11 Å². The molecule has 0 aliphatic heterocycles. The average molecular weight is 149 g/mol. The van der Waals surface area contributed by atoms with Gasteiger partial charge < -0.3 is 10.5 Å². The fourth-order valence-corrected chi connectivity index (χ4v) is 0.867. The number of rotatable bonds is 2. The molecule has 58 valence electrons. The summed E-state index contributed by atoms with van der Waals surface area (Å²) in [6.45, 7) is 1.94. The van der Waals surface area contributed by atoms with Crippen molar-refractivity contribution in [1.29, 1.82) is 5.41 Å². The molecule has 0 aromatic heterocycles. The minimum absolute atomic E-state index is 0.248. The van der Waals surface area contributed by atoms with E-state index in [2.05, 4.69) is 0 Å². The van der Waals surface area contributed by atoms with E-state index in [-0.39, 0.29) is 5.75 Å². The van der Waals surface area contributed by atoms with Gasteiger partial charge in [-0.3, -0.25) is 0 Å². The fraction of sp³-hybridized carbons (Fsp3) is 0.222. The van der Waals surface area contributed by atoms with Crippen molar-refractivity contribution in [2.45, 2.75) is 13.3 Å². The highest BCUT2D eigenvalue weighted by molar-refractivity contribution is 5.97. The van der Waals surface area contributed by atoms with Crippen LogP contribution in [0.25, 0.3) is 0 Å². The highest BCUT2D eigenvalue weighted by Gasteiger charge is 1.96. The number of nitrogens with one attached hydrogen (secondary N) is 1. The van der Waals surface area contributed by atoms with Crippen molar-refractivity contribution in [3.63, 3.8) is 0 Å². The van der Waals surface area contributed by atoms with Crippen LogP contribution in [0.15, 0.2) is 24.3 Å². The first-order valence-electron chi connectivity index (χ1n) is 3.61. The topological polar surface area (TPSA) is 44.1 Å². The Hall–Kier alpha value is -1.31. The van der Waals surface area contributed by atoms with Gasteiger partial charge in [0.05, 0.1) is 0 Å². The molecule has 0 atom stereocenters. The second-order valence-electron chi connectivity index (χ2n) is 2.38. The Balaban J connectivity index is 2.90. The molecule has 2 N–H and O–H groups in total. The summed E-state index contributed by atoms with van der Waals surface area (Å²) in [6.07, 6.45) is 0.727. The fourth-order valence-electron chi connectivity index (χ4n) is 0.867. The highest BCUT2D eigenvalue weighted by atomic mass is 16.3. The smallest absolute Gasteiger partial charge is 0.115 e. The molecule has 0 amide bonds. The Morgan fingerprint density at radius 3 is 2.36 bits per heavy atom. The van der Waals surface area contributed by atoms with Crippen LogP contribution in [0, 0.1) is 5.41 Å². The van der Waals surface area contributed by atoms with Crippen LogP contribution in [0.4, 0.5) is 0 Å². The Bertz CT molecular complexity index is 251. The predicted octanol–water partition coefficient (Wildman–Crippen LogP) is 2.17. The van der Waals surface area contributed by atoms with Gasteiger partial charge in [-0.2, -0.15) is 0 Å². The van der Waals surface area contributed by atoms with Crippen molar-refractivity contribution in [2.75, 3.05) is 0 Å². The monoisotopic (exact) mass is 149 g/mol. The van der Waals surface area contributed by atoms with Crippen LogP contribution in [0.2, 0.25) is 0 Å². The molecule has 11 heavy (non-hydrogen) atoms. The number of phenols is 1. The largest absolute Gasteiger partial charge is 0.508 e. The van der Waals surface area contributed by atoms with Crippen LogP contribution >= 0.6 is 0 Å². The van der Waals surface area contributed by atoms with Crippen LogP contribution in [0.5, 0.6) is 5.75 Å². The van der Waals surface area contributed by atoms with Gasteiger partial charge in [0, 0.05) is 5.71 Å². The van der Waals surface area contributed by atoms with E-state index in [4.69, 9.17) is 10.5 Å². The van der Waals surface area contributed by atoms with Gasteiger partial charge in [-0.25, -0.2) is 0 Å². The molecule has 0 aliphatic rings. The van der Waals surface area contributed by atoms with E-state index in [1.165, 1.54) is 0 Å². The van der Waals surface area contributed by atoms with E-state index in [0.29, 0.717) is 5.71 Å². The summed E-state index contributed by atoms with van der Waals surface area (Å²) in [5.74, 6) is 0.248. The van der Waals surface area contributed by atoms with Gasteiger partial charge in [-0.05, 0) is 36.2 Å². The van der Waals surface area contributed by atoms with Crippen LogP contribution in [0.3, 0.4) is 0 Å². The maximum absolute atomic E-state index is 8.94. The number of hydrogen-bond donors (Lipinski definition) is 2. The molecule has 0 radical (unpaired) electrons. The average Bonchev–Trinajstić information content (AvgIpc) is 2.05. The molecule has 0 heterocycles. The van der Waals surface area contributed by atoms with Gasteiger partial charge in [-0.1, -0.05) is 6.92 Å². The van der Waals surface area contributed by atoms with Gasteiger partial charge in [-0.15, -0.1) is 0 Å². The van der Waals surface area contributed by atoms with Gasteiger partial charge in [0.25, 0.3) is 0 Å². The molecular formula is C9H11NO. The molecule has 0 fully saturated rings. The van der Waals surface area contributed by atoms with Crippen molar-refractivity contribution in [2.24, 2.45) is 0 Å². The molecule has 0 saturated carbocycles. The zero-order valence-corrected chi connectivity index (χ0v) is 6.46. The first-order valence-corrected chi connectivity index (χ1v) is 3.61. The quantitative estimate of drug-likeness (QED) is 0.622. The van der Waals surface area contributed by atoms with E-state index >= 15 is 0 Å². The van der Waals surface area contributed by atoms with E-state index in [0.717, 1.165) is 12.0 Å². The first-order chi connectivity index (χ1) is 5.24. The molecule has 2 heteroatoms. The second-order valence-corrected chi connectivity index (χ2v) is 2.38. The van der Waals surface area contributed by atoms with Crippen LogP contribution in [-0.2, 0) is 0 Å². The summed E-state index contributed by atoms with van der Waals surface area (Å²) >= 11 is 0. The van der Waals surface area contributed by atoms with Crippen molar-refractivity contribution >= 4 is 5.71 Å². The first kappa shape index (κ1) is 7.79. The summed E-state index contributed by atoms with van der Waals surface area (Å²) in [5.41, 5.74) is 1.48. The Labute approximate surface area is 66.0 Å². The zero-order valence-electron chi connectivity index (χ0n) is 6.46. The van der Waals surface area contributed by atoms with E-state index in [1.807, 2.05) is 6.92 Å². The highest BCUT2D eigenvalue weighted by Crippen LogP contribution is 2.10. The molecule has 1 aromatic carbocycles. The van der Waals surface area contributed by atoms with Crippen molar-refractivity contribution in [3.8, 4) is 5.75 Å². The third kappa shape index (κ3) is 1.80. The van der Waals surface area contributed by atoms with Gasteiger partial charge >= 0.3 is 0 Å². The summed E-state index contributed by atoms with van der Waals surface area (Å²) in [5, 5.41) is 16.4. The summed E-state index contributed by atoms with van der Waals surface area (Å²) in [7, 11) is 0. The Morgan fingerprint density at radius 1 is 1.36 bits per heavy atom. The van der Waals surface area contributed by atoms with Gasteiger partial charge in [0.1, 0.15) is 5.75 Å². The zero-order chi connectivity index (χ0) is 8.27. The molecule has 2 nitrogen and oxygen atoms in total. The number of benzene rings is 1. The number of hydrogen-bond acceptors (Lipinski definition) is 2. The maximum atomic E-state index is 8.94. The summed E-state index contributed by atoms with van der Waals surface area (Å²) in [6, 6.07) is 6.70. The predicted molar refractivity (Wildman–Crippen MR) is 45.2 cm³/mol. The van der Waals surface area contributed by atoms with E-state index in [1.54, 1.807) is 24.3 Å². The summed E-state index contributed by atoms with van der Waals surface area (Å²) < 4.78 is 0. The van der Waals surface area contributed by atoms with Crippen LogP contribution in [0.1, 0.15) is 18.9 Å². The third-order valence-electron chi connectivity index (χ3n) is 1.57. The maximum Gasteiger partial charge on any atom is 0.115 e. The lowest BCUT2D eigenvalue weighted by Gasteiger charge is -1.99. The standard InChI is InChI=1S/C9H11NO/c1-2-9(10)7-3-5-8(11)6-4-7/h3-6,10-11H,2H2,1H3. The molecule has 0 saturated heterocycles.